The highest BCUT2D eigenvalue weighted by molar-refractivity contribution is 7.54. The van der Waals surface area contributed by atoms with Gasteiger partial charge in [-0.25, -0.2) is 9.36 Å². The van der Waals surface area contributed by atoms with Gasteiger partial charge in [0.15, 0.2) is 0 Å². The Morgan fingerprint density at radius 1 is 1.50 bits per heavy atom. The SMILES string of the molecule is CP1(=O)OC(=O)C(C(F)(F)F)O1. The van der Waals surface area contributed by atoms with E-state index in [-0.39, 0.29) is 0 Å². The molecule has 0 bridgehead atoms. The summed E-state index contributed by atoms with van der Waals surface area (Å²) in [5.41, 5.74) is 0. The second-order valence-corrected chi connectivity index (χ2v) is 4.14. The Kier molecular flexibility index (Phi) is 1.96. The van der Waals surface area contributed by atoms with Gasteiger partial charge in [-0.2, -0.15) is 13.2 Å². The van der Waals surface area contributed by atoms with E-state index in [1.165, 1.54) is 0 Å². The summed E-state index contributed by atoms with van der Waals surface area (Å²) in [4.78, 5) is 10.4. The largest absolute Gasteiger partial charge is 0.426 e. The average Bonchev–Trinajstić information content (AvgIpc) is 2.03. The maximum absolute atomic E-state index is 11.8. The fraction of sp³-hybridized carbons (Fsp3) is 0.750. The maximum atomic E-state index is 11.8. The minimum Gasteiger partial charge on any atom is -0.390 e. The van der Waals surface area contributed by atoms with Gasteiger partial charge in [0, 0.05) is 0 Å². The highest BCUT2D eigenvalue weighted by Crippen LogP contribution is 2.53. The first-order valence-electron chi connectivity index (χ1n) is 2.78. The third-order valence-electron chi connectivity index (χ3n) is 1.06. The van der Waals surface area contributed by atoms with Crippen molar-refractivity contribution in [3.63, 3.8) is 0 Å². The Labute approximate surface area is 65.2 Å². The van der Waals surface area contributed by atoms with Crippen LogP contribution in [0.15, 0.2) is 0 Å². The number of carbonyl (C=O) groups is 1. The molecule has 12 heavy (non-hydrogen) atoms. The van der Waals surface area contributed by atoms with Crippen LogP contribution in [0.25, 0.3) is 0 Å². The topological polar surface area (TPSA) is 52.6 Å². The van der Waals surface area contributed by atoms with Crippen molar-refractivity contribution in [2.75, 3.05) is 6.66 Å². The van der Waals surface area contributed by atoms with Gasteiger partial charge in [0.2, 0.25) is 0 Å². The summed E-state index contributed by atoms with van der Waals surface area (Å²) in [5, 5.41) is 0. The van der Waals surface area contributed by atoms with E-state index in [1.807, 2.05) is 0 Å². The first-order valence-corrected chi connectivity index (χ1v) is 4.77. The molecule has 2 atom stereocenters. The van der Waals surface area contributed by atoms with Crippen LogP contribution >= 0.6 is 7.60 Å². The molecule has 0 amide bonds. The molecule has 0 saturated carbocycles. The first-order chi connectivity index (χ1) is 5.22. The molecule has 1 fully saturated rings. The Balaban J connectivity index is 2.85. The molecule has 0 aromatic rings. The number of halogens is 3. The van der Waals surface area contributed by atoms with Crippen molar-refractivity contribution in [3.05, 3.63) is 0 Å². The first kappa shape index (κ1) is 9.54. The summed E-state index contributed by atoms with van der Waals surface area (Å²) < 4.78 is 53.9. The summed E-state index contributed by atoms with van der Waals surface area (Å²) >= 11 is 0. The standard InChI is InChI=1S/C4H4F3O4P/c1-12(9)10-2(3(8)11-12)4(5,6)7/h2H,1H3. The zero-order chi connectivity index (χ0) is 9.57. The Morgan fingerprint density at radius 2 is 2.00 bits per heavy atom. The van der Waals surface area contributed by atoms with Crippen molar-refractivity contribution >= 4 is 13.6 Å². The lowest BCUT2D eigenvalue weighted by Gasteiger charge is -2.08. The minimum atomic E-state index is -4.86. The van der Waals surface area contributed by atoms with Gasteiger partial charge in [0.05, 0.1) is 6.66 Å². The molecule has 8 heteroatoms. The summed E-state index contributed by atoms with van der Waals surface area (Å²) in [6.07, 6.45) is -7.56. The number of carbonyl (C=O) groups excluding carboxylic acids is 1. The molecule has 0 aromatic carbocycles. The molecule has 70 valence electrons. The predicted octanol–water partition coefficient (Wildman–Crippen LogP) is 1.31. The molecule has 0 N–H and O–H groups in total. The number of hydrogen-bond donors (Lipinski definition) is 0. The lowest BCUT2D eigenvalue weighted by molar-refractivity contribution is -0.195. The number of alkyl halides is 3. The van der Waals surface area contributed by atoms with E-state index in [0.717, 1.165) is 6.66 Å². The highest BCUT2D eigenvalue weighted by atomic mass is 31.2. The minimum absolute atomic E-state index is 0.802. The fourth-order valence-electron chi connectivity index (χ4n) is 0.661. The molecule has 1 aliphatic rings. The van der Waals surface area contributed by atoms with Crippen molar-refractivity contribution in [2.45, 2.75) is 12.3 Å². The Morgan fingerprint density at radius 3 is 2.17 bits per heavy atom. The Bertz CT molecular complexity index is 260. The molecule has 1 heterocycles. The molecule has 0 radical (unpaired) electrons. The summed E-state index contributed by atoms with van der Waals surface area (Å²) in [6, 6.07) is 0. The van der Waals surface area contributed by atoms with Crippen LogP contribution in [0, 0.1) is 0 Å². The molecule has 1 aliphatic heterocycles. The molecule has 1 rings (SSSR count). The van der Waals surface area contributed by atoms with Crippen LogP contribution in [0.2, 0.25) is 0 Å². The van der Waals surface area contributed by atoms with E-state index < -0.39 is 25.8 Å². The van der Waals surface area contributed by atoms with Crippen LogP contribution in [-0.2, 0) is 18.4 Å². The quantitative estimate of drug-likeness (QED) is 0.558. The van der Waals surface area contributed by atoms with Crippen molar-refractivity contribution < 1.29 is 31.6 Å². The van der Waals surface area contributed by atoms with Crippen LogP contribution < -0.4 is 0 Å². The normalized spacial score (nSPS) is 36.7. The van der Waals surface area contributed by atoms with Gasteiger partial charge in [-0.3, -0.25) is 4.52 Å². The number of rotatable bonds is 0. The van der Waals surface area contributed by atoms with Gasteiger partial charge >= 0.3 is 19.7 Å². The Hall–Kier alpha value is -0.550. The fourth-order valence-corrected chi connectivity index (χ4v) is 1.71. The summed E-state index contributed by atoms with van der Waals surface area (Å²) in [6.45, 7) is 0.802. The van der Waals surface area contributed by atoms with Crippen LogP contribution in [-0.4, -0.2) is 24.9 Å². The predicted molar refractivity (Wildman–Crippen MR) is 30.6 cm³/mol. The summed E-state index contributed by atoms with van der Waals surface area (Å²) in [7, 11) is -3.82. The van der Waals surface area contributed by atoms with Crippen LogP contribution in [0.1, 0.15) is 0 Å². The smallest absolute Gasteiger partial charge is 0.390 e. The molecule has 0 spiro atoms. The lowest BCUT2D eigenvalue weighted by atomic mass is 10.4. The molecule has 0 aromatic heterocycles. The molecule has 4 nitrogen and oxygen atoms in total. The van der Waals surface area contributed by atoms with Gasteiger partial charge in [-0.15, -0.1) is 0 Å². The lowest BCUT2D eigenvalue weighted by Crippen LogP contribution is -2.33. The monoisotopic (exact) mass is 204 g/mol. The molecular formula is C4H4F3O4P. The van der Waals surface area contributed by atoms with Gasteiger partial charge < -0.3 is 4.52 Å². The van der Waals surface area contributed by atoms with Crippen LogP contribution in [0.3, 0.4) is 0 Å². The van der Waals surface area contributed by atoms with Crippen molar-refractivity contribution in [1.82, 2.24) is 0 Å². The highest BCUT2D eigenvalue weighted by Gasteiger charge is 2.56. The van der Waals surface area contributed by atoms with E-state index in [0.29, 0.717) is 0 Å². The van der Waals surface area contributed by atoms with E-state index in [9.17, 15) is 22.5 Å². The van der Waals surface area contributed by atoms with E-state index in [4.69, 9.17) is 0 Å². The zero-order valence-corrected chi connectivity index (χ0v) is 6.69. The van der Waals surface area contributed by atoms with Crippen molar-refractivity contribution in [1.29, 1.82) is 0 Å². The average molecular weight is 204 g/mol. The van der Waals surface area contributed by atoms with E-state index in [1.54, 1.807) is 0 Å². The third kappa shape index (κ3) is 1.78. The molecule has 0 aliphatic carbocycles. The van der Waals surface area contributed by atoms with Crippen LogP contribution in [0.4, 0.5) is 13.2 Å². The van der Waals surface area contributed by atoms with Gasteiger partial charge in [-0.1, -0.05) is 0 Å². The summed E-state index contributed by atoms with van der Waals surface area (Å²) in [5.74, 6) is -1.65. The number of hydrogen-bond acceptors (Lipinski definition) is 4. The second-order valence-electron chi connectivity index (χ2n) is 2.21. The second kappa shape index (κ2) is 2.47. The molecule has 2 unspecified atom stereocenters. The van der Waals surface area contributed by atoms with E-state index in [2.05, 4.69) is 9.05 Å². The third-order valence-corrected chi connectivity index (χ3v) is 2.17. The van der Waals surface area contributed by atoms with Crippen molar-refractivity contribution in [3.8, 4) is 0 Å². The maximum Gasteiger partial charge on any atom is 0.426 e. The molecular weight excluding hydrogens is 200 g/mol. The van der Waals surface area contributed by atoms with Gasteiger partial charge in [-0.05, 0) is 0 Å². The molecule has 1 saturated heterocycles. The van der Waals surface area contributed by atoms with Crippen LogP contribution in [0.5, 0.6) is 0 Å². The van der Waals surface area contributed by atoms with Gasteiger partial charge in [0.25, 0.3) is 6.10 Å². The van der Waals surface area contributed by atoms with Gasteiger partial charge in [0.1, 0.15) is 0 Å². The zero-order valence-electron chi connectivity index (χ0n) is 5.79. The van der Waals surface area contributed by atoms with Crippen molar-refractivity contribution in [2.24, 2.45) is 0 Å². The van der Waals surface area contributed by atoms with E-state index >= 15 is 0 Å².